The minimum Gasteiger partial charge on any atom is -0.476 e. The van der Waals surface area contributed by atoms with Crippen molar-refractivity contribution < 1.29 is 27.5 Å². The first-order valence-electron chi connectivity index (χ1n) is 9.67. The van der Waals surface area contributed by atoms with E-state index >= 15 is 0 Å². The summed E-state index contributed by atoms with van der Waals surface area (Å²) in [5.41, 5.74) is 1.02. The molecule has 166 valence electrons. The number of nitrogens with zero attached hydrogens (tertiary/aromatic N) is 1. The topological polar surface area (TPSA) is 114 Å². The van der Waals surface area contributed by atoms with Crippen molar-refractivity contribution >= 4 is 33.2 Å². The predicted molar refractivity (Wildman–Crippen MR) is 116 cm³/mol. The summed E-state index contributed by atoms with van der Waals surface area (Å²) in [6, 6.07) is 12.4. The molecule has 0 aliphatic carbocycles. The summed E-state index contributed by atoms with van der Waals surface area (Å²) in [7, 11) is -2.22. The van der Waals surface area contributed by atoms with Crippen LogP contribution in [0.2, 0.25) is 0 Å². The van der Waals surface area contributed by atoms with Crippen LogP contribution in [0.15, 0.2) is 53.4 Å². The van der Waals surface area contributed by atoms with Crippen molar-refractivity contribution in [3.63, 3.8) is 0 Å². The van der Waals surface area contributed by atoms with E-state index in [4.69, 9.17) is 9.47 Å². The van der Waals surface area contributed by atoms with Crippen LogP contribution in [0.4, 0.5) is 11.4 Å². The van der Waals surface area contributed by atoms with Crippen LogP contribution in [0.3, 0.4) is 0 Å². The van der Waals surface area contributed by atoms with E-state index in [1.165, 1.54) is 43.2 Å². The number of sulfonamides is 1. The molecule has 0 saturated heterocycles. The lowest BCUT2D eigenvalue weighted by Crippen LogP contribution is -2.48. The molecule has 0 fully saturated rings. The highest BCUT2D eigenvalue weighted by Gasteiger charge is 2.32. The maximum absolute atomic E-state index is 12.7. The fourth-order valence-electron chi connectivity index (χ4n) is 3.23. The lowest BCUT2D eigenvalue weighted by molar-refractivity contribution is -0.123. The lowest BCUT2D eigenvalue weighted by atomic mass is 10.1. The maximum Gasteiger partial charge on any atom is 0.267 e. The molecule has 0 unspecified atom stereocenters. The van der Waals surface area contributed by atoms with Crippen molar-refractivity contribution in [3.05, 3.63) is 48.5 Å². The summed E-state index contributed by atoms with van der Waals surface area (Å²) < 4.78 is 38.0. The fraction of sp³-hybridized carbons (Fsp3) is 0.333. The lowest BCUT2D eigenvalue weighted by Gasteiger charge is -2.33. The number of hydrogen-bond donors (Lipinski definition) is 2. The molecule has 1 aliphatic heterocycles. The van der Waals surface area contributed by atoms with Gasteiger partial charge in [-0.2, -0.15) is 0 Å². The zero-order valence-electron chi connectivity index (χ0n) is 17.5. The number of ether oxygens (including phenoxy) is 2. The summed E-state index contributed by atoms with van der Waals surface area (Å²) in [5.74, 6) is -0.191. The molecule has 0 aromatic heterocycles. The highest BCUT2D eigenvalue weighted by Crippen LogP contribution is 2.33. The van der Waals surface area contributed by atoms with Crippen LogP contribution in [0.5, 0.6) is 5.75 Å². The fourth-order valence-corrected chi connectivity index (χ4v) is 4.45. The monoisotopic (exact) mass is 447 g/mol. The molecule has 2 aromatic carbocycles. The Hall–Kier alpha value is -2.95. The predicted octanol–water partition coefficient (Wildman–Crippen LogP) is 1.75. The first-order valence-corrected chi connectivity index (χ1v) is 11.2. The van der Waals surface area contributed by atoms with Gasteiger partial charge in [-0.05, 0) is 43.3 Å². The van der Waals surface area contributed by atoms with Gasteiger partial charge in [0, 0.05) is 25.8 Å². The Labute approximate surface area is 181 Å². The molecule has 3 rings (SSSR count). The Kier molecular flexibility index (Phi) is 6.94. The van der Waals surface area contributed by atoms with Gasteiger partial charge >= 0.3 is 0 Å². The van der Waals surface area contributed by atoms with Crippen LogP contribution in [0.1, 0.15) is 13.8 Å². The molecule has 10 heteroatoms. The Bertz CT molecular complexity index is 1060. The van der Waals surface area contributed by atoms with Crippen LogP contribution < -0.4 is 19.7 Å². The van der Waals surface area contributed by atoms with Crippen molar-refractivity contribution in [2.45, 2.75) is 30.9 Å². The molecule has 2 amide bonds. The molecule has 0 bridgehead atoms. The molecule has 1 heterocycles. The van der Waals surface area contributed by atoms with Crippen molar-refractivity contribution in [2.24, 2.45) is 0 Å². The maximum atomic E-state index is 12.7. The molecule has 2 aromatic rings. The second-order valence-corrected chi connectivity index (χ2v) is 8.91. The number of nitrogens with one attached hydrogen (secondary N) is 2. The van der Waals surface area contributed by atoms with Gasteiger partial charge in [0.2, 0.25) is 15.9 Å². The van der Waals surface area contributed by atoms with Crippen molar-refractivity contribution in [1.29, 1.82) is 0 Å². The Morgan fingerprint density at radius 2 is 1.87 bits per heavy atom. The number of para-hydroxylation sites is 2. The van der Waals surface area contributed by atoms with E-state index in [1.807, 2.05) is 0 Å². The van der Waals surface area contributed by atoms with E-state index < -0.39 is 22.0 Å². The van der Waals surface area contributed by atoms with Gasteiger partial charge in [0.1, 0.15) is 5.75 Å². The minimum atomic E-state index is -3.71. The molecule has 9 nitrogen and oxygen atoms in total. The molecule has 0 spiro atoms. The van der Waals surface area contributed by atoms with Crippen LogP contribution in [0.25, 0.3) is 0 Å². The van der Waals surface area contributed by atoms with Gasteiger partial charge in [0.15, 0.2) is 6.10 Å². The van der Waals surface area contributed by atoms with Gasteiger partial charge in [-0.15, -0.1) is 0 Å². The second kappa shape index (κ2) is 9.46. The van der Waals surface area contributed by atoms with Gasteiger partial charge in [-0.25, -0.2) is 13.1 Å². The smallest absolute Gasteiger partial charge is 0.267 e. The van der Waals surface area contributed by atoms with Crippen LogP contribution in [0, 0.1) is 0 Å². The third-order valence-electron chi connectivity index (χ3n) is 4.65. The summed E-state index contributed by atoms with van der Waals surface area (Å²) in [4.78, 5) is 26.3. The van der Waals surface area contributed by atoms with Crippen molar-refractivity contribution in [3.8, 4) is 5.75 Å². The number of methoxy groups -OCH3 is 1. The molecular weight excluding hydrogens is 422 g/mol. The summed E-state index contributed by atoms with van der Waals surface area (Å²) in [5, 5.41) is 2.70. The highest BCUT2D eigenvalue weighted by molar-refractivity contribution is 7.89. The van der Waals surface area contributed by atoms with Gasteiger partial charge in [-0.1, -0.05) is 12.1 Å². The van der Waals surface area contributed by atoms with E-state index in [2.05, 4.69) is 10.0 Å². The molecule has 0 radical (unpaired) electrons. The standard InChI is InChI=1S/C21H25N3O6S/c1-14(13-29-3)23-31(27,28)17-10-8-16(9-11-17)22-21(26)20-12-24(15(2)25)18-6-4-5-7-19(18)30-20/h4-11,14,20,23H,12-13H2,1-3H3,(H,22,26)/t14-,20-/m0/s1. The molecule has 0 saturated carbocycles. The van der Waals surface area contributed by atoms with Gasteiger partial charge in [-0.3, -0.25) is 9.59 Å². The van der Waals surface area contributed by atoms with Gasteiger partial charge in [0.05, 0.1) is 23.7 Å². The number of hydrogen-bond acceptors (Lipinski definition) is 6. The quantitative estimate of drug-likeness (QED) is 0.669. The third-order valence-corrected chi connectivity index (χ3v) is 6.26. The number of carbonyl (C=O) groups is 2. The average Bonchev–Trinajstić information content (AvgIpc) is 2.73. The molecular formula is C21H25N3O6S. The van der Waals surface area contributed by atoms with Gasteiger partial charge in [0.25, 0.3) is 5.91 Å². The first-order chi connectivity index (χ1) is 14.7. The number of anilines is 2. The number of carbonyl (C=O) groups excluding carboxylic acids is 2. The minimum absolute atomic E-state index is 0.0686. The number of amides is 2. The normalized spacial score (nSPS) is 16.7. The summed E-state index contributed by atoms with van der Waals surface area (Å²) >= 11 is 0. The first kappa shape index (κ1) is 22.7. The van der Waals surface area contributed by atoms with Crippen LogP contribution in [-0.2, 0) is 24.3 Å². The number of rotatable bonds is 7. The zero-order chi connectivity index (χ0) is 22.6. The zero-order valence-corrected chi connectivity index (χ0v) is 18.3. The summed E-state index contributed by atoms with van der Waals surface area (Å²) in [6.07, 6.45) is -0.904. The molecule has 1 aliphatic rings. The summed E-state index contributed by atoms with van der Waals surface area (Å²) in [6.45, 7) is 3.45. The Morgan fingerprint density at radius 3 is 2.52 bits per heavy atom. The number of benzene rings is 2. The Balaban J connectivity index is 1.69. The highest BCUT2D eigenvalue weighted by atomic mass is 32.2. The van der Waals surface area contributed by atoms with Crippen LogP contribution >= 0.6 is 0 Å². The van der Waals surface area contributed by atoms with Gasteiger partial charge < -0.3 is 19.7 Å². The van der Waals surface area contributed by atoms with Crippen molar-refractivity contribution in [2.75, 3.05) is 30.5 Å². The van der Waals surface area contributed by atoms with E-state index in [-0.39, 0.29) is 30.0 Å². The molecule has 31 heavy (non-hydrogen) atoms. The van der Waals surface area contributed by atoms with Crippen molar-refractivity contribution in [1.82, 2.24) is 4.72 Å². The second-order valence-electron chi connectivity index (χ2n) is 7.20. The van der Waals surface area contributed by atoms with E-state index in [0.717, 1.165) is 0 Å². The molecule has 2 N–H and O–H groups in total. The third kappa shape index (κ3) is 5.40. The Morgan fingerprint density at radius 1 is 1.19 bits per heavy atom. The van der Waals surface area contributed by atoms with E-state index in [0.29, 0.717) is 17.1 Å². The molecule has 2 atom stereocenters. The van der Waals surface area contributed by atoms with E-state index in [9.17, 15) is 18.0 Å². The largest absolute Gasteiger partial charge is 0.476 e. The SMILES string of the molecule is COC[C@H](C)NS(=O)(=O)c1ccc(NC(=O)[C@@H]2CN(C(C)=O)c3ccccc3O2)cc1. The number of fused-ring (bicyclic) bond motifs is 1. The van der Waals surface area contributed by atoms with E-state index in [1.54, 1.807) is 31.2 Å². The average molecular weight is 448 g/mol. The van der Waals surface area contributed by atoms with Crippen LogP contribution in [-0.4, -0.2) is 52.6 Å².